The highest BCUT2D eigenvalue weighted by atomic mass is 15.5. The van der Waals surface area contributed by atoms with E-state index in [0.717, 1.165) is 13.1 Å². The fourth-order valence-corrected chi connectivity index (χ4v) is 3.21. The Balaban J connectivity index is 1.70. The van der Waals surface area contributed by atoms with E-state index in [9.17, 15) is 0 Å². The molecule has 1 atom stereocenters. The lowest BCUT2D eigenvalue weighted by Gasteiger charge is -2.35. The first-order chi connectivity index (χ1) is 9.33. The summed E-state index contributed by atoms with van der Waals surface area (Å²) in [6.45, 7) is 4.60. The molecular formula is C16H25N3. The van der Waals surface area contributed by atoms with Gasteiger partial charge in [0, 0.05) is 32.2 Å². The average molecular weight is 259 g/mol. The van der Waals surface area contributed by atoms with Crippen LogP contribution in [0.15, 0.2) is 24.3 Å². The molecule has 0 radical (unpaired) electrons. The number of nitrogens with one attached hydrogen (secondary N) is 1. The van der Waals surface area contributed by atoms with Crippen molar-refractivity contribution >= 4 is 0 Å². The van der Waals surface area contributed by atoms with E-state index >= 15 is 0 Å². The highest BCUT2D eigenvalue weighted by Gasteiger charge is 2.22. The van der Waals surface area contributed by atoms with Crippen LogP contribution in [-0.2, 0) is 6.42 Å². The molecule has 3 nitrogen and oxygen atoms in total. The summed E-state index contributed by atoms with van der Waals surface area (Å²) in [6, 6.07) is 9.50. The number of benzene rings is 1. The van der Waals surface area contributed by atoms with Gasteiger partial charge in [-0.2, -0.15) is 0 Å². The molecule has 1 saturated heterocycles. The normalized spacial score (nSPS) is 25.8. The van der Waals surface area contributed by atoms with Crippen molar-refractivity contribution in [1.29, 1.82) is 0 Å². The molecule has 1 aromatic rings. The lowest BCUT2D eigenvalue weighted by atomic mass is 10.00. The van der Waals surface area contributed by atoms with Crippen molar-refractivity contribution in [1.82, 2.24) is 15.3 Å². The van der Waals surface area contributed by atoms with Gasteiger partial charge in [0.1, 0.15) is 0 Å². The summed E-state index contributed by atoms with van der Waals surface area (Å²) in [4.78, 5) is 2.40. The zero-order chi connectivity index (χ0) is 13.1. The summed E-state index contributed by atoms with van der Waals surface area (Å²) in [7, 11) is 2.21. The van der Waals surface area contributed by atoms with Crippen LogP contribution in [0.4, 0.5) is 0 Å². The van der Waals surface area contributed by atoms with Crippen LogP contribution in [0.3, 0.4) is 0 Å². The number of hydrazine groups is 1. The monoisotopic (exact) mass is 259 g/mol. The molecule has 1 unspecified atom stereocenters. The standard InChI is InChI=1S/C16H25N3/c1-18-10-12-19(13-11-18)17-16-9-5-3-7-14-6-2-4-8-15(14)16/h2,4,6,8,16-17H,3,5,7,9-13H2,1H3. The van der Waals surface area contributed by atoms with Gasteiger partial charge < -0.3 is 4.90 Å². The largest absolute Gasteiger partial charge is 0.304 e. The Labute approximate surface area is 116 Å². The summed E-state index contributed by atoms with van der Waals surface area (Å²) in [6.07, 6.45) is 5.18. The molecule has 104 valence electrons. The second-order valence-electron chi connectivity index (χ2n) is 5.92. The minimum atomic E-state index is 0.516. The van der Waals surface area contributed by atoms with Gasteiger partial charge >= 0.3 is 0 Å². The minimum absolute atomic E-state index is 0.516. The maximum atomic E-state index is 3.78. The first-order valence-corrected chi connectivity index (χ1v) is 7.60. The van der Waals surface area contributed by atoms with Crippen LogP contribution in [0.25, 0.3) is 0 Å². The molecule has 0 amide bonds. The summed E-state index contributed by atoms with van der Waals surface area (Å²) >= 11 is 0. The van der Waals surface area contributed by atoms with Crippen LogP contribution in [0, 0.1) is 0 Å². The maximum Gasteiger partial charge on any atom is 0.0467 e. The zero-order valence-electron chi connectivity index (χ0n) is 11.9. The van der Waals surface area contributed by atoms with Crippen molar-refractivity contribution in [2.45, 2.75) is 31.7 Å². The molecule has 0 spiro atoms. The number of hydrogen-bond donors (Lipinski definition) is 1. The van der Waals surface area contributed by atoms with Gasteiger partial charge in [0.2, 0.25) is 0 Å². The van der Waals surface area contributed by atoms with Gasteiger partial charge in [0.15, 0.2) is 0 Å². The van der Waals surface area contributed by atoms with Crippen LogP contribution in [-0.4, -0.2) is 43.1 Å². The number of hydrogen-bond acceptors (Lipinski definition) is 3. The van der Waals surface area contributed by atoms with Gasteiger partial charge in [0.05, 0.1) is 0 Å². The Hall–Kier alpha value is -0.900. The SMILES string of the molecule is CN1CCN(NC2CCCCc3ccccc32)CC1. The summed E-state index contributed by atoms with van der Waals surface area (Å²) < 4.78 is 0. The molecule has 3 heteroatoms. The number of likely N-dealkylation sites (N-methyl/N-ethyl adjacent to an activating group) is 1. The third-order valence-electron chi connectivity index (χ3n) is 4.46. The highest BCUT2D eigenvalue weighted by Crippen LogP contribution is 2.28. The Kier molecular flexibility index (Phi) is 4.16. The Morgan fingerprint density at radius 2 is 1.84 bits per heavy atom. The van der Waals surface area contributed by atoms with Gasteiger partial charge in [-0.05, 0) is 37.4 Å². The third kappa shape index (κ3) is 3.16. The number of nitrogens with zero attached hydrogens (tertiary/aromatic N) is 2. The lowest BCUT2D eigenvalue weighted by Crippen LogP contribution is -2.51. The van der Waals surface area contributed by atoms with E-state index in [1.165, 1.54) is 44.3 Å². The van der Waals surface area contributed by atoms with Crippen molar-refractivity contribution in [2.24, 2.45) is 0 Å². The van der Waals surface area contributed by atoms with E-state index in [1.54, 1.807) is 5.56 Å². The van der Waals surface area contributed by atoms with Crippen LogP contribution < -0.4 is 5.43 Å². The molecule has 0 bridgehead atoms. The summed E-state index contributed by atoms with van der Waals surface area (Å²) in [5, 5.41) is 2.42. The van der Waals surface area contributed by atoms with Gasteiger partial charge in [-0.25, -0.2) is 10.4 Å². The molecule has 1 fully saturated rings. The van der Waals surface area contributed by atoms with E-state index in [0.29, 0.717) is 6.04 Å². The van der Waals surface area contributed by atoms with Gasteiger partial charge in [-0.1, -0.05) is 30.7 Å². The van der Waals surface area contributed by atoms with Crippen molar-refractivity contribution in [3.05, 3.63) is 35.4 Å². The second-order valence-corrected chi connectivity index (χ2v) is 5.92. The van der Waals surface area contributed by atoms with Crippen molar-refractivity contribution in [3.8, 4) is 0 Å². The molecule has 1 heterocycles. The number of piperazine rings is 1. The predicted octanol–water partition coefficient (Wildman–Crippen LogP) is 2.21. The topological polar surface area (TPSA) is 18.5 Å². The maximum absolute atomic E-state index is 3.78. The quantitative estimate of drug-likeness (QED) is 0.822. The van der Waals surface area contributed by atoms with E-state index in [-0.39, 0.29) is 0 Å². The Morgan fingerprint density at radius 3 is 2.68 bits per heavy atom. The van der Waals surface area contributed by atoms with Gasteiger partial charge in [-0.3, -0.25) is 0 Å². The van der Waals surface area contributed by atoms with Crippen LogP contribution in [0.5, 0.6) is 0 Å². The fraction of sp³-hybridized carbons (Fsp3) is 0.625. The van der Waals surface area contributed by atoms with E-state index in [4.69, 9.17) is 0 Å². The molecule has 1 aromatic carbocycles. The highest BCUT2D eigenvalue weighted by molar-refractivity contribution is 5.31. The van der Waals surface area contributed by atoms with E-state index in [2.05, 4.69) is 46.6 Å². The molecule has 0 aromatic heterocycles. The molecule has 1 N–H and O–H groups in total. The number of fused-ring (bicyclic) bond motifs is 1. The Bertz CT molecular complexity index is 410. The van der Waals surface area contributed by atoms with Gasteiger partial charge in [0.25, 0.3) is 0 Å². The number of rotatable bonds is 2. The first kappa shape index (κ1) is 13.1. The van der Waals surface area contributed by atoms with Crippen LogP contribution in [0.2, 0.25) is 0 Å². The molecule has 0 saturated carbocycles. The third-order valence-corrected chi connectivity index (χ3v) is 4.46. The zero-order valence-corrected chi connectivity index (χ0v) is 11.9. The molecule has 2 aliphatic rings. The lowest BCUT2D eigenvalue weighted by molar-refractivity contribution is 0.0846. The van der Waals surface area contributed by atoms with Crippen LogP contribution >= 0.6 is 0 Å². The first-order valence-electron chi connectivity index (χ1n) is 7.60. The average Bonchev–Trinajstić information content (AvgIpc) is 2.64. The minimum Gasteiger partial charge on any atom is -0.304 e. The second kappa shape index (κ2) is 6.04. The molecular weight excluding hydrogens is 234 g/mol. The molecule has 1 aliphatic carbocycles. The summed E-state index contributed by atoms with van der Waals surface area (Å²) in [5.41, 5.74) is 6.86. The van der Waals surface area contributed by atoms with Crippen molar-refractivity contribution in [2.75, 3.05) is 33.2 Å². The van der Waals surface area contributed by atoms with E-state index in [1.807, 2.05) is 0 Å². The Morgan fingerprint density at radius 1 is 1.05 bits per heavy atom. The van der Waals surface area contributed by atoms with Crippen molar-refractivity contribution < 1.29 is 0 Å². The van der Waals surface area contributed by atoms with E-state index < -0.39 is 0 Å². The number of aryl methyl sites for hydroxylation is 1. The van der Waals surface area contributed by atoms with Crippen molar-refractivity contribution in [3.63, 3.8) is 0 Å². The fourth-order valence-electron chi connectivity index (χ4n) is 3.21. The molecule has 3 rings (SSSR count). The predicted molar refractivity (Wildman–Crippen MR) is 78.9 cm³/mol. The van der Waals surface area contributed by atoms with Crippen LogP contribution in [0.1, 0.15) is 36.4 Å². The summed E-state index contributed by atoms with van der Waals surface area (Å²) in [5.74, 6) is 0. The molecule has 19 heavy (non-hydrogen) atoms. The molecule has 1 aliphatic heterocycles. The smallest absolute Gasteiger partial charge is 0.0467 e. The van der Waals surface area contributed by atoms with Gasteiger partial charge in [-0.15, -0.1) is 0 Å².